The summed E-state index contributed by atoms with van der Waals surface area (Å²) in [5, 5.41) is 12.4. The number of aryl methyl sites for hydroxylation is 1. The Labute approximate surface area is 157 Å². The molecule has 0 saturated carbocycles. The molecule has 2 N–H and O–H groups in total. The van der Waals surface area contributed by atoms with Gasteiger partial charge in [0.1, 0.15) is 10.6 Å². The maximum Gasteiger partial charge on any atom is 0.303 e. The normalized spacial score (nSPS) is 10.8. The van der Waals surface area contributed by atoms with Crippen molar-refractivity contribution in [1.82, 2.24) is 4.98 Å². The Bertz CT molecular complexity index is 753. The number of amides is 1. The van der Waals surface area contributed by atoms with Gasteiger partial charge in [-0.25, -0.2) is 4.98 Å². The maximum atomic E-state index is 12.6. The Kier molecular flexibility index (Phi) is 7.15. The summed E-state index contributed by atoms with van der Waals surface area (Å²) < 4.78 is 5.48. The summed E-state index contributed by atoms with van der Waals surface area (Å²) in [6.45, 7) is 6.45. The number of nitrogens with one attached hydrogen (secondary N) is 1. The van der Waals surface area contributed by atoms with E-state index in [0.717, 1.165) is 17.1 Å². The first-order valence-corrected chi connectivity index (χ1v) is 9.39. The number of rotatable bonds is 9. The Morgan fingerprint density at radius 1 is 1.27 bits per heavy atom. The number of ether oxygens (including phenoxy) is 1. The van der Waals surface area contributed by atoms with Crippen molar-refractivity contribution in [1.29, 1.82) is 0 Å². The number of hydrogen-bond donors (Lipinski definition) is 2. The summed E-state index contributed by atoms with van der Waals surface area (Å²) in [7, 11) is 0. The number of benzene rings is 1. The fourth-order valence-corrected chi connectivity index (χ4v) is 3.25. The fraction of sp³-hybridized carbons (Fsp3) is 0.421. The van der Waals surface area contributed by atoms with Gasteiger partial charge in [-0.05, 0) is 49.9 Å². The fourth-order valence-electron chi connectivity index (χ4n) is 2.41. The van der Waals surface area contributed by atoms with Crippen LogP contribution in [0.25, 0.3) is 0 Å². The van der Waals surface area contributed by atoms with E-state index in [4.69, 9.17) is 9.84 Å². The molecule has 0 aliphatic carbocycles. The highest BCUT2D eigenvalue weighted by atomic mass is 32.1. The van der Waals surface area contributed by atoms with E-state index in [1.165, 1.54) is 11.3 Å². The van der Waals surface area contributed by atoms with E-state index in [1.54, 1.807) is 24.3 Å². The molecule has 0 aliphatic rings. The lowest BCUT2D eigenvalue weighted by Gasteiger charge is -2.08. The second-order valence-corrected chi connectivity index (χ2v) is 7.63. The third-order valence-corrected chi connectivity index (χ3v) is 4.54. The summed E-state index contributed by atoms with van der Waals surface area (Å²) >= 11 is 1.41. The van der Waals surface area contributed by atoms with E-state index < -0.39 is 5.97 Å². The van der Waals surface area contributed by atoms with E-state index in [1.807, 2.05) is 6.92 Å². The molecule has 0 saturated heterocycles. The van der Waals surface area contributed by atoms with Crippen LogP contribution in [-0.4, -0.2) is 28.6 Å². The monoisotopic (exact) mass is 376 g/mol. The molecule has 2 rings (SSSR count). The van der Waals surface area contributed by atoms with Crippen molar-refractivity contribution in [2.75, 3.05) is 11.9 Å². The lowest BCUT2D eigenvalue weighted by Crippen LogP contribution is -2.13. The molecule has 1 amide bonds. The van der Waals surface area contributed by atoms with E-state index >= 15 is 0 Å². The van der Waals surface area contributed by atoms with Crippen LogP contribution in [0.1, 0.15) is 47.1 Å². The molecule has 0 fully saturated rings. The molecule has 26 heavy (non-hydrogen) atoms. The Balaban J connectivity index is 1.94. The summed E-state index contributed by atoms with van der Waals surface area (Å²) in [4.78, 5) is 28.2. The minimum absolute atomic E-state index is 0.0844. The molecule has 0 bridgehead atoms. The topological polar surface area (TPSA) is 88.5 Å². The predicted octanol–water partition coefficient (Wildman–Crippen LogP) is 4.15. The van der Waals surface area contributed by atoms with Gasteiger partial charge < -0.3 is 15.2 Å². The molecule has 6 nitrogen and oxygen atoms in total. The minimum Gasteiger partial charge on any atom is -0.494 e. The molecule has 0 aliphatic heterocycles. The molecule has 0 unspecified atom stereocenters. The first kappa shape index (κ1) is 19.9. The number of anilines is 1. The standard InChI is InChI=1S/C19H24N2O4S/c1-12(2)11-16-18(26-13(3)20-16)19(24)21-14-6-8-15(9-7-14)25-10-4-5-17(22)23/h6-9,12H,4-5,10-11H2,1-3H3,(H,21,24)(H,22,23). The number of hydrogen-bond acceptors (Lipinski definition) is 5. The second kappa shape index (κ2) is 9.33. The van der Waals surface area contributed by atoms with Gasteiger partial charge in [-0.2, -0.15) is 0 Å². The van der Waals surface area contributed by atoms with Crippen molar-refractivity contribution >= 4 is 28.9 Å². The van der Waals surface area contributed by atoms with Gasteiger partial charge in [0, 0.05) is 12.1 Å². The van der Waals surface area contributed by atoms with Crippen LogP contribution in [-0.2, 0) is 11.2 Å². The number of nitrogens with zero attached hydrogens (tertiary/aromatic N) is 1. The third-order valence-electron chi connectivity index (χ3n) is 3.53. The van der Waals surface area contributed by atoms with Crippen molar-refractivity contribution < 1.29 is 19.4 Å². The van der Waals surface area contributed by atoms with Gasteiger partial charge in [0.05, 0.1) is 17.3 Å². The zero-order chi connectivity index (χ0) is 19.1. The first-order chi connectivity index (χ1) is 12.3. The lowest BCUT2D eigenvalue weighted by molar-refractivity contribution is -0.137. The molecule has 7 heteroatoms. The lowest BCUT2D eigenvalue weighted by atomic mass is 10.1. The van der Waals surface area contributed by atoms with Gasteiger partial charge >= 0.3 is 5.97 Å². The summed E-state index contributed by atoms with van der Waals surface area (Å²) in [6, 6.07) is 7.04. The van der Waals surface area contributed by atoms with Gasteiger partial charge in [0.2, 0.25) is 0 Å². The van der Waals surface area contributed by atoms with Gasteiger partial charge in [0.15, 0.2) is 0 Å². The van der Waals surface area contributed by atoms with E-state index in [9.17, 15) is 9.59 Å². The third kappa shape index (κ3) is 6.15. The van der Waals surface area contributed by atoms with Crippen LogP contribution in [0.2, 0.25) is 0 Å². The first-order valence-electron chi connectivity index (χ1n) is 8.57. The van der Waals surface area contributed by atoms with Gasteiger partial charge in [-0.1, -0.05) is 13.8 Å². The molecular weight excluding hydrogens is 352 g/mol. The number of carboxylic acids is 1. The zero-order valence-electron chi connectivity index (χ0n) is 15.2. The van der Waals surface area contributed by atoms with Crippen LogP contribution >= 0.6 is 11.3 Å². The Morgan fingerprint density at radius 3 is 2.58 bits per heavy atom. The number of carbonyl (C=O) groups is 2. The van der Waals surface area contributed by atoms with E-state index in [2.05, 4.69) is 24.1 Å². The molecule has 1 aromatic carbocycles. The minimum atomic E-state index is -0.832. The van der Waals surface area contributed by atoms with Crippen molar-refractivity contribution in [3.8, 4) is 5.75 Å². The van der Waals surface area contributed by atoms with Crippen molar-refractivity contribution in [2.24, 2.45) is 5.92 Å². The molecule has 0 spiro atoms. The van der Waals surface area contributed by atoms with Crippen molar-refractivity contribution in [3.05, 3.63) is 39.8 Å². The number of aliphatic carboxylic acids is 1. The van der Waals surface area contributed by atoms with Crippen molar-refractivity contribution in [2.45, 2.75) is 40.0 Å². The molecule has 1 aromatic heterocycles. The molecule has 140 valence electrons. The number of aromatic nitrogens is 1. The molecule has 0 radical (unpaired) electrons. The Morgan fingerprint density at radius 2 is 1.96 bits per heavy atom. The average molecular weight is 376 g/mol. The smallest absolute Gasteiger partial charge is 0.303 e. The van der Waals surface area contributed by atoms with Gasteiger partial charge in [-0.3, -0.25) is 9.59 Å². The van der Waals surface area contributed by atoms with Crippen LogP contribution in [0.4, 0.5) is 5.69 Å². The number of thiazole rings is 1. The van der Waals surface area contributed by atoms with E-state index in [0.29, 0.717) is 35.3 Å². The highest BCUT2D eigenvalue weighted by Gasteiger charge is 2.17. The largest absolute Gasteiger partial charge is 0.494 e. The maximum absolute atomic E-state index is 12.6. The number of carbonyl (C=O) groups excluding carboxylic acids is 1. The molecule has 0 atom stereocenters. The quantitative estimate of drug-likeness (QED) is 0.642. The zero-order valence-corrected chi connectivity index (χ0v) is 16.1. The van der Waals surface area contributed by atoms with Gasteiger partial charge in [-0.15, -0.1) is 11.3 Å². The molecule has 2 aromatic rings. The summed E-state index contributed by atoms with van der Waals surface area (Å²) in [5.74, 6) is 0.0892. The second-order valence-electron chi connectivity index (χ2n) is 6.43. The highest BCUT2D eigenvalue weighted by molar-refractivity contribution is 7.13. The van der Waals surface area contributed by atoms with Crippen LogP contribution in [0.3, 0.4) is 0 Å². The van der Waals surface area contributed by atoms with Crippen LogP contribution in [0.5, 0.6) is 5.75 Å². The van der Waals surface area contributed by atoms with Crippen LogP contribution in [0.15, 0.2) is 24.3 Å². The summed E-state index contributed by atoms with van der Waals surface area (Å²) in [5.41, 5.74) is 1.52. The SMILES string of the molecule is Cc1nc(CC(C)C)c(C(=O)Nc2ccc(OCCCC(=O)O)cc2)s1. The van der Waals surface area contributed by atoms with Crippen molar-refractivity contribution in [3.63, 3.8) is 0 Å². The number of carboxylic acid groups (broad SMARTS) is 1. The Hall–Kier alpha value is -2.41. The summed E-state index contributed by atoms with van der Waals surface area (Å²) in [6.07, 6.45) is 1.31. The highest BCUT2D eigenvalue weighted by Crippen LogP contribution is 2.23. The van der Waals surface area contributed by atoms with Crippen LogP contribution in [0, 0.1) is 12.8 Å². The molecule has 1 heterocycles. The van der Waals surface area contributed by atoms with Crippen LogP contribution < -0.4 is 10.1 Å². The van der Waals surface area contributed by atoms with Gasteiger partial charge in [0.25, 0.3) is 5.91 Å². The molecular formula is C19H24N2O4S. The average Bonchev–Trinajstić information content (AvgIpc) is 2.92. The van der Waals surface area contributed by atoms with E-state index in [-0.39, 0.29) is 12.3 Å². The predicted molar refractivity (Wildman–Crippen MR) is 102 cm³/mol.